The van der Waals surface area contributed by atoms with Crippen molar-refractivity contribution in [1.82, 2.24) is 14.9 Å². The third kappa shape index (κ3) is 7.40. The summed E-state index contributed by atoms with van der Waals surface area (Å²) in [4.78, 5) is 25.4. The molecule has 170 valence electrons. The number of carbonyl (C=O) groups excluding carboxylic acids is 2. The lowest BCUT2D eigenvalue weighted by Crippen LogP contribution is -2.49. The summed E-state index contributed by atoms with van der Waals surface area (Å²) >= 11 is 0. The largest absolute Gasteiger partial charge is 0.354 e. The molecule has 8 heteroatoms. The molecule has 2 N–H and O–H groups in total. The summed E-state index contributed by atoms with van der Waals surface area (Å²) in [5.74, 6) is -0.235. The van der Waals surface area contributed by atoms with Gasteiger partial charge in [-0.3, -0.25) is 9.59 Å². The van der Waals surface area contributed by atoms with Crippen LogP contribution in [0.15, 0.2) is 29.2 Å². The molecule has 0 saturated carbocycles. The lowest BCUT2D eigenvalue weighted by atomic mass is 10.0. The minimum absolute atomic E-state index is 0.0677. The molecule has 1 aromatic rings. The molecule has 30 heavy (non-hydrogen) atoms. The van der Waals surface area contributed by atoms with Crippen LogP contribution in [0.4, 0.5) is 0 Å². The lowest BCUT2D eigenvalue weighted by Gasteiger charge is -2.22. The Kier molecular flexibility index (Phi) is 10.5. The molecule has 0 aliphatic heterocycles. The highest BCUT2D eigenvalue weighted by atomic mass is 32.2. The first-order valence-corrected chi connectivity index (χ1v) is 12.2. The van der Waals surface area contributed by atoms with Gasteiger partial charge in [0.15, 0.2) is 0 Å². The van der Waals surface area contributed by atoms with Gasteiger partial charge in [-0.1, -0.05) is 47.6 Å². The van der Waals surface area contributed by atoms with Gasteiger partial charge in [0.05, 0.1) is 4.90 Å². The Morgan fingerprint density at radius 1 is 1.07 bits per heavy atom. The van der Waals surface area contributed by atoms with Crippen LogP contribution in [-0.2, 0) is 14.8 Å². The zero-order chi connectivity index (χ0) is 22.9. The molecule has 0 aliphatic rings. The Labute approximate surface area is 181 Å². The van der Waals surface area contributed by atoms with E-state index < -0.39 is 22.0 Å². The molecule has 1 aromatic carbocycles. The molecular formula is C22H37N3O4S. The van der Waals surface area contributed by atoms with E-state index in [1.807, 2.05) is 13.8 Å². The quantitative estimate of drug-likeness (QED) is 0.489. The van der Waals surface area contributed by atoms with Crippen LogP contribution in [0.3, 0.4) is 0 Å². The number of sulfonamides is 1. The SMILES string of the molecule is CCN(CC)S(=O)(=O)c1cccc(C(=O)NC(C(=O)NCCCC(C)C)C(C)C)c1. The summed E-state index contributed by atoms with van der Waals surface area (Å²) in [5.41, 5.74) is 0.210. The Morgan fingerprint density at radius 3 is 2.23 bits per heavy atom. The van der Waals surface area contributed by atoms with Crippen molar-refractivity contribution in [3.63, 3.8) is 0 Å². The predicted octanol–water partition coefficient (Wildman–Crippen LogP) is 3.02. The summed E-state index contributed by atoms with van der Waals surface area (Å²) in [6.45, 7) is 12.8. The zero-order valence-corrected chi connectivity index (χ0v) is 19.9. The molecule has 0 radical (unpaired) electrons. The Morgan fingerprint density at radius 2 is 1.70 bits per heavy atom. The van der Waals surface area contributed by atoms with Crippen molar-refractivity contribution in [2.45, 2.75) is 65.3 Å². The maximum Gasteiger partial charge on any atom is 0.251 e. The van der Waals surface area contributed by atoms with Gasteiger partial charge in [0.2, 0.25) is 15.9 Å². The number of carbonyl (C=O) groups is 2. The van der Waals surface area contributed by atoms with Gasteiger partial charge in [-0.05, 0) is 42.9 Å². The first-order chi connectivity index (χ1) is 14.0. The average Bonchev–Trinajstić information content (AvgIpc) is 2.69. The van der Waals surface area contributed by atoms with Crippen molar-refractivity contribution < 1.29 is 18.0 Å². The Balaban J connectivity index is 2.92. The topological polar surface area (TPSA) is 95.6 Å². The van der Waals surface area contributed by atoms with Gasteiger partial charge in [0.25, 0.3) is 5.91 Å². The van der Waals surface area contributed by atoms with E-state index in [4.69, 9.17) is 0 Å². The standard InChI is InChI=1S/C22H37N3O4S/c1-7-25(8-2)30(28,29)19-13-9-12-18(15-19)21(26)24-20(17(5)6)22(27)23-14-10-11-16(3)4/h9,12-13,15-17,20H,7-8,10-11,14H2,1-6H3,(H,23,27)(H,24,26). The summed E-state index contributed by atoms with van der Waals surface area (Å²) in [5, 5.41) is 5.64. The van der Waals surface area contributed by atoms with Gasteiger partial charge in [-0.25, -0.2) is 8.42 Å². The number of hydrogen-bond acceptors (Lipinski definition) is 4. The molecule has 7 nitrogen and oxygen atoms in total. The molecule has 0 bridgehead atoms. The first kappa shape index (κ1) is 26.1. The molecule has 0 spiro atoms. The third-order valence-corrected chi connectivity index (χ3v) is 6.98. The second kappa shape index (κ2) is 12.1. The zero-order valence-electron chi connectivity index (χ0n) is 19.1. The molecular weight excluding hydrogens is 402 g/mol. The van der Waals surface area contributed by atoms with Gasteiger partial charge in [0, 0.05) is 25.2 Å². The number of benzene rings is 1. The molecule has 1 atom stereocenters. The summed E-state index contributed by atoms with van der Waals surface area (Å²) in [6.07, 6.45) is 1.90. The Hall–Kier alpha value is -1.93. The van der Waals surface area contributed by atoms with Gasteiger partial charge in [-0.2, -0.15) is 4.31 Å². The van der Waals surface area contributed by atoms with Crippen molar-refractivity contribution >= 4 is 21.8 Å². The van der Waals surface area contributed by atoms with Crippen molar-refractivity contribution in [1.29, 1.82) is 0 Å². The van der Waals surface area contributed by atoms with E-state index in [1.54, 1.807) is 26.0 Å². The van der Waals surface area contributed by atoms with E-state index in [1.165, 1.54) is 16.4 Å². The number of rotatable bonds is 12. The van der Waals surface area contributed by atoms with Crippen molar-refractivity contribution in [2.24, 2.45) is 11.8 Å². The Bertz CT molecular complexity index is 802. The average molecular weight is 440 g/mol. The van der Waals surface area contributed by atoms with Crippen LogP contribution in [0.25, 0.3) is 0 Å². The highest BCUT2D eigenvalue weighted by Gasteiger charge is 2.26. The van der Waals surface area contributed by atoms with E-state index in [9.17, 15) is 18.0 Å². The fraction of sp³-hybridized carbons (Fsp3) is 0.636. The molecule has 0 aliphatic carbocycles. The van der Waals surface area contributed by atoms with E-state index in [0.29, 0.717) is 25.6 Å². The molecule has 0 fully saturated rings. The van der Waals surface area contributed by atoms with Gasteiger partial charge >= 0.3 is 0 Å². The van der Waals surface area contributed by atoms with Gasteiger partial charge < -0.3 is 10.6 Å². The van der Waals surface area contributed by atoms with Crippen LogP contribution in [0.5, 0.6) is 0 Å². The van der Waals surface area contributed by atoms with Crippen LogP contribution in [-0.4, -0.2) is 50.2 Å². The minimum atomic E-state index is -3.67. The molecule has 1 rings (SSSR count). The molecule has 0 saturated heterocycles. The predicted molar refractivity (Wildman–Crippen MR) is 120 cm³/mol. The maximum atomic E-state index is 12.8. The van der Waals surface area contributed by atoms with E-state index in [-0.39, 0.29) is 22.3 Å². The summed E-state index contributed by atoms with van der Waals surface area (Å²) in [7, 11) is -3.67. The van der Waals surface area contributed by atoms with Crippen LogP contribution in [0, 0.1) is 11.8 Å². The van der Waals surface area contributed by atoms with E-state index >= 15 is 0 Å². The normalized spacial score (nSPS) is 13.0. The van der Waals surface area contributed by atoms with Crippen LogP contribution >= 0.6 is 0 Å². The van der Waals surface area contributed by atoms with Crippen LogP contribution in [0.2, 0.25) is 0 Å². The first-order valence-electron chi connectivity index (χ1n) is 10.7. The third-order valence-electron chi connectivity index (χ3n) is 4.93. The second-order valence-electron chi connectivity index (χ2n) is 8.14. The second-order valence-corrected chi connectivity index (χ2v) is 10.1. The van der Waals surface area contributed by atoms with Crippen LogP contribution < -0.4 is 10.6 Å². The molecule has 1 unspecified atom stereocenters. The molecule has 2 amide bonds. The lowest BCUT2D eigenvalue weighted by molar-refractivity contribution is -0.123. The fourth-order valence-electron chi connectivity index (χ4n) is 3.10. The summed E-state index contributed by atoms with van der Waals surface area (Å²) < 4.78 is 26.8. The van der Waals surface area contributed by atoms with E-state index in [0.717, 1.165) is 12.8 Å². The molecule has 0 heterocycles. The monoisotopic (exact) mass is 439 g/mol. The number of hydrogen-bond donors (Lipinski definition) is 2. The summed E-state index contributed by atoms with van der Waals surface area (Å²) in [6, 6.07) is 5.24. The van der Waals surface area contributed by atoms with Gasteiger partial charge in [-0.15, -0.1) is 0 Å². The highest BCUT2D eigenvalue weighted by molar-refractivity contribution is 7.89. The smallest absolute Gasteiger partial charge is 0.251 e. The maximum absolute atomic E-state index is 12.8. The fourth-order valence-corrected chi connectivity index (χ4v) is 4.61. The molecule has 0 aromatic heterocycles. The van der Waals surface area contributed by atoms with Crippen molar-refractivity contribution in [3.05, 3.63) is 29.8 Å². The number of nitrogens with one attached hydrogen (secondary N) is 2. The minimum Gasteiger partial charge on any atom is -0.354 e. The van der Waals surface area contributed by atoms with Crippen LogP contribution in [0.1, 0.15) is 64.7 Å². The van der Waals surface area contributed by atoms with Crippen molar-refractivity contribution in [3.8, 4) is 0 Å². The van der Waals surface area contributed by atoms with Gasteiger partial charge in [0.1, 0.15) is 6.04 Å². The van der Waals surface area contributed by atoms with E-state index in [2.05, 4.69) is 24.5 Å². The highest BCUT2D eigenvalue weighted by Crippen LogP contribution is 2.17. The number of amides is 2. The number of nitrogens with zero attached hydrogens (tertiary/aromatic N) is 1. The van der Waals surface area contributed by atoms with Crippen molar-refractivity contribution in [2.75, 3.05) is 19.6 Å².